The molecule has 0 radical (unpaired) electrons. The van der Waals surface area contributed by atoms with Crippen LogP contribution in [-0.4, -0.2) is 48.7 Å². The Balaban J connectivity index is 1.23. The van der Waals surface area contributed by atoms with Gasteiger partial charge in [-0.15, -0.1) is 0 Å². The average molecular weight is 465 g/mol. The van der Waals surface area contributed by atoms with Crippen LogP contribution in [0.4, 0.5) is 5.69 Å². The molecular weight excluding hydrogens is 440 g/mol. The molecule has 1 saturated carbocycles. The fourth-order valence-corrected chi connectivity index (χ4v) is 5.16. The summed E-state index contributed by atoms with van der Waals surface area (Å²) in [6.07, 6.45) is 1.58. The lowest BCUT2D eigenvalue weighted by Gasteiger charge is -2.25. The maximum Gasteiger partial charge on any atom is 0.235 e. The van der Waals surface area contributed by atoms with Crippen LogP contribution >= 0.6 is 11.6 Å². The zero-order valence-corrected chi connectivity index (χ0v) is 18.4. The molecule has 0 amide bonds. The number of hydrogen-bond donors (Lipinski definition) is 4. The molecule has 0 saturated heterocycles. The van der Waals surface area contributed by atoms with Gasteiger partial charge >= 0.3 is 0 Å². The first-order valence-electron chi connectivity index (χ1n) is 10.2. The molecule has 8 nitrogen and oxygen atoms in total. The van der Waals surface area contributed by atoms with Gasteiger partial charge in [-0.3, -0.25) is 9.82 Å². The number of aliphatic hydroxyl groups excluding tert-OH is 1. The first kappa shape index (κ1) is 21.9. The topological polar surface area (TPSA) is 116 Å². The number of anilines is 1. The predicted molar refractivity (Wildman–Crippen MR) is 121 cm³/mol. The van der Waals surface area contributed by atoms with E-state index >= 15 is 0 Å². The zero-order chi connectivity index (χ0) is 21.8. The number of nitrogens with one attached hydrogen (secondary N) is 3. The molecule has 1 atom stereocenters. The van der Waals surface area contributed by atoms with Crippen LogP contribution in [0.3, 0.4) is 0 Å². The molecule has 1 fully saturated rings. The third kappa shape index (κ3) is 5.30. The van der Waals surface area contributed by atoms with Crippen molar-refractivity contribution in [3.05, 3.63) is 53.2 Å². The number of benzene rings is 2. The highest BCUT2D eigenvalue weighted by molar-refractivity contribution is 7.93. The van der Waals surface area contributed by atoms with E-state index in [1.165, 1.54) is 0 Å². The highest BCUT2D eigenvalue weighted by Crippen LogP contribution is 2.28. The molecule has 0 bridgehead atoms. The second-order valence-electron chi connectivity index (χ2n) is 7.61. The van der Waals surface area contributed by atoms with Crippen molar-refractivity contribution >= 4 is 38.2 Å². The van der Waals surface area contributed by atoms with E-state index in [9.17, 15) is 13.5 Å². The van der Waals surface area contributed by atoms with Gasteiger partial charge in [0.2, 0.25) is 10.0 Å². The fraction of sp³-hybridized carbons (Fsp3) is 0.381. The van der Waals surface area contributed by atoms with Crippen molar-refractivity contribution in [2.75, 3.05) is 24.4 Å². The van der Waals surface area contributed by atoms with E-state index in [1.54, 1.807) is 24.3 Å². The van der Waals surface area contributed by atoms with E-state index in [4.69, 9.17) is 16.3 Å². The number of nitrogens with zero attached hydrogens (tertiary/aromatic N) is 1. The number of sulfonamides is 1. The van der Waals surface area contributed by atoms with Crippen molar-refractivity contribution in [2.24, 2.45) is 0 Å². The summed E-state index contributed by atoms with van der Waals surface area (Å²) < 4.78 is 32.9. The van der Waals surface area contributed by atoms with Crippen molar-refractivity contribution < 1.29 is 18.3 Å². The molecule has 2 aromatic carbocycles. The summed E-state index contributed by atoms with van der Waals surface area (Å²) >= 11 is 5.99. The summed E-state index contributed by atoms with van der Waals surface area (Å²) in [6.45, 7) is 1.26. The van der Waals surface area contributed by atoms with Gasteiger partial charge in [0.25, 0.3) is 0 Å². The molecule has 10 heteroatoms. The van der Waals surface area contributed by atoms with Crippen LogP contribution in [0.1, 0.15) is 30.9 Å². The van der Waals surface area contributed by atoms with Gasteiger partial charge in [-0.2, -0.15) is 5.10 Å². The standard InChI is InChI=1S/C21H25ClN4O4S/c22-21-18-8-7-16(12-19(18)24-25-21)30-10-9-23-13-20(27)14-3-1-4-15(11-14)26-31(28,29)17-5-2-6-17/h1,3-4,7-8,11-12,17,20,23,26-27H,2,5-6,9-10,13H2,(H,24,25). The Bertz CT molecular complexity index is 1150. The normalized spacial score (nSPS) is 15.5. The summed E-state index contributed by atoms with van der Waals surface area (Å²) in [5.41, 5.74) is 1.85. The van der Waals surface area contributed by atoms with Gasteiger partial charge in [0.1, 0.15) is 17.5 Å². The Morgan fingerprint density at radius 3 is 2.87 bits per heavy atom. The van der Waals surface area contributed by atoms with Crippen molar-refractivity contribution in [1.29, 1.82) is 0 Å². The maximum atomic E-state index is 12.3. The highest BCUT2D eigenvalue weighted by Gasteiger charge is 2.31. The SMILES string of the molecule is O=S(=O)(Nc1cccc(C(O)CNCCOc2ccc3c(Cl)[nH]nc3c2)c1)C1CCC1. The number of halogens is 1. The van der Waals surface area contributed by atoms with Gasteiger partial charge in [0, 0.05) is 30.2 Å². The smallest absolute Gasteiger partial charge is 0.235 e. The van der Waals surface area contributed by atoms with E-state index in [0.717, 1.165) is 17.3 Å². The number of fused-ring (bicyclic) bond motifs is 1. The monoisotopic (exact) mass is 464 g/mol. The molecule has 1 heterocycles. The minimum absolute atomic E-state index is 0.312. The molecule has 1 unspecified atom stereocenters. The lowest BCUT2D eigenvalue weighted by Crippen LogP contribution is -2.33. The third-order valence-electron chi connectivity index (χ3n) is 5.39. The third-order valence-corrected chi connectivity index (χ3v) is 7.55. The van der Waals surface area contributed by atoms with Crippen LogP contribution in [0.2, 0.25) is 5.15 Å². The second-order valence-corrected chi connectivity index (χ2v) is 9.95. The number of aliphatic hydroxyl groups is 1. The van der Waals surface area contributed by atoms with Crippen LogP contribution in [0, 0.1) is 0 Å². The van der Waals surface area contributed by atoms with Crippen LogP contribution < -0.4 is 14.8 Å². The molecule has 1 aromatic heterocycles. The van der Waals surface area contributed by atoms with E-state index in [1.807, 2.05) is 18.2 Å². The summed E-state index contributed by atoms with van der Waals surface area (Å²) in [7, 11) is -3.36. The summed E-state index contributed by atoms with van der Waals surface area (Å²) in [5.74, 6) is 0.685. The molecule has 4 rings (SSSR count). The highest BCUT2D eigenvalue weighted by atomic mass is 35.5. The van der Waals surface area contributed by atoms with Crippen molar-refractivity contribution in [3.8, 4) is 5.75 Å². The van der Waals surface area contributed by atoms with Gasteiger partial charge in [-0.25, -0.2) is 8.42 Å². The lowest BCUT2D eigenvalue weighted by atomic mass is 10.0. The molecule has 0 spiro atoms. The zero-order valence-electron chi connectivity index (χ0n) is 16.8. The largest absolute Gasteiger partial charge is 0.492 e. The quantitative estimate of drug-likeness (QED) is 0.342. The minimum atomic E-state index is -3.36. The molecule has 0 aliphatic heterocycles. The molecule has 4 N–H and O–H groups in total. The summed E-state index contributed by atoms with van der Waals surface area (Å²) in [6, 6.07) is 12.4. The first-order chi connectivity index (χ1) is 14.9. The Kier molecular flexibility index (Phi) is 6.66. The van der Waals surface area contributed by atoms with E-state index in [2.05, 4.69) is 20.2 Å². The molecular formula is C21H25ClN4O4S. The number of rotatable bonds is 10. The van der Waals surface area contributed by atoms with Gasteiger partial charge in [0.05, 0.1) is 16.9 Å². The number of hydrogen-bond acceptors (Lipinski definition) is 6. The molecule has 3 aromatic rings. The van der Waals surface area contributed by atoms with Crippen LogP contribution in [0.15, 0.2) is 42.5 Å². The Hall–Kier alpha value is -2.33. The lowest BCUT2D eigenvalue weighted by molar-refractivity contribution is 0.172. The molecule has 31 heavy (non-hydrogen) atoms. The van der Waals surface area contributed by atoms with Crippen molar-refractivity contribution in [3.63, 3.8) is 0 Å². The average Bonchev–Trinajstić information content (AvgIpc) is 3.06. The molecule has 1 aliphatic rings. The van der Waals surface area contributed by atoms with Crippen molar-refractivity contribution in [2.45, 2.75) is 30.6 Å². The van der Waals surface area contributed by atoms with Crippen LogP contribution in [0.5, 0.6) is 5.75 Å². The second kappa shape index (κ2) is 9.44. The van der Waals surface area contributed by atoms with E-state index in [-0.39, 0.29) is 5.25 Å². The Morgan fingerprint density at radius 2 is 2.10 bits per heavy atom. The maximum absolute atomic E-state index is 12.3. The first-order valence-corrected chi connectivity index (χ1v) is 12.1. The van der Waals surface area contributed by atoms with Gasteiger partial charge in [0.15, 0.2) is 0 Å². The van der Waals surface area contributed by atoms with Crippen LogP contribution in [0.25, 0.3) is 10.9 Å². The van der Waals surface area contributed by atoms with Crippen molar-refractivity contribution in [1.82, 2.24) is 15.5 Å². The molecule has 1 aliphatic carbocycles. The molecule has 166 valence electrons. The Morgan fingerprint density at radius 1 is 1.26 bits per heavy atom. The van der Waals surface area contributed by atoms with Gasteiger partial charge in [-0.05, 0) is 42.7 Å². The number of aromatic amines is 1. The summed E-state index contributed by atoms with van der Waals surface area (Å²) in [5, 5.41) is 21.4. The fourth-order valence-electron chi connectivity index (χ4n) is 3.38. The minimum Gasteiger partial charge on any atom is -0.492 e. The van der Waals surface area contributed by atoms with E-state index < -0.39 is 16.1 Å². The predicted octanol–water partition coefficient (Wildman–Crippen LogP) is 3.21. The van der Waals surface area contributed by atoms with Gasteiger partial charge < -0.3 is 15.2 Å². The summed E-state index contributed by atoms with van der Waals surface area (Å²) in [4.78, 5) is 0. The Labute approximate surface area is 186 Å². The van der Waals surface area contributed by atoms with Gasteiger partial charge in [-0.1, -0.05) is 30.2 Å². The number of ether oxygens (including phenoxy) is 1. The van der Waals surface area contributed by atoms with E-state index in [0.29, 0.717) is 54.7 Å². The number of H-pyrrole nitrogens is 1. The van der Waals surface area contributed by atoms with Crippen LogP contribution in [-0.2, 0) is 10.0 Å². The number of aromatic nitrogens is 2.